The predicted octanol–water partition coefficient (Wildman–Crippen LogP) is 4.66. The molecule has 0 bridgehead atoms. The molecule has 0 spiro atoms. The normalized spacial score (nSPS) is 16.6. The number of carbonyl (C=O) groups is 1. The minimum Gasteiger partial charge on any atom is -0.492 e. The lowest BCUT2D eigenvalue weighted by Crippen LogP contribution is -2.32. The summed E-state index contributed by atoms with van der Waals surface area (Å²) in [7, 11) is 0. The van der Waals surface area contributed by atoms with Gasteiger partial charge in [0.25, 0.3) is 5.91 Å². The van der Waals surface area contributed by atoms with Crippen molar-refractivity contribution in [3.8, 4) is 17.2 Å². The lowest BCUT2D eigenvalue weighted by Gasteiger charge is -2.19. The Hall–Kier alpha value is -2.59. The van der Waals surface area contributed by atoms with E-state index in [4.69, 9.17) is 14.0 Å². The molecule has 1 aliphatic rings. The average molecular weight is 443 g/mol. The summed E-state index contributed by atoms with van der Waals surface area (Å²) < 4.78 is 60.5. The van der Waals surface area contributed by atoms with Crippen LogP contribution in [0.15, 0.2) is 42.5 Å². The van der Waals surface area contributed by atoms with Crippen molar-refractivity contribution in [2.75, 3.05) is 23.8 Å². The number of rotatable bonds is 8. The van der Waals surface area contributed by atoms with Crippen molar-refractivity contribution in [1.82, 2.24) is 0 Å². The number of amides is 1. The Morgan fingerprint density at radius 3 is 2.50 bits per heavy atom. The van der Waals surface area contributed by atoms with Gasteiger partial charge in [-0.15, -0.1) is 13.2 Å². The fraction of sp³-hybridized carbons (Fsp3) is 0.350. The largest absolute Gasteiger partial charge is 0.573 e. The lowest BCUT2D eigenvalue weighted by atomic mass is 10.2. The number of hydrogen-bond donors (Lipinski definition) is 1. The minimum atomic E-state index is -4.76. The Kier molecular flexibility index (Phi) is 6.99. The lowest BCUT2D eigenvalue weighted by molar-refractivity contribution is -0.274. The van der Waals surface area contributed by atoms with Gasteiger partial charge in [0.05, 0.1) is 12.4 Å². The molecule has 1 atom stereocenters. The third-order valence-corrected chi connectivity index (χ3v) is 4.74. The molecule has 1 fully saturated rings. The molecule has 2 aromatic rings. The van der Waals surface area contributed by atoms with Crippen LogP contribution in [0.5, 0.6) is 17.2 Å². The van der Waals surface area contributed by atoms with Crippen LogP contribution in [0.25, 0.3) is 0 Å². The molecular weight excluding hydrogens is 423 g/mol. The fourth-order valence-corrected chi connectivity index (χ4v) is 3.21. The van der Waals surface area contributed by atoms with Gasteiger partial charge in [0.1, 0.15) is 17.2 Å². The Morgan fingerprint density at radius 2 is 1.87 bits per heavy atom. The first kappa shape index (κ1) is 22.1. The second kappa shape index (κ2) is 9.48. The highest BCUT2D eigenvalue weighted by Crippen LogP contribution is 2.30. The van der Waals surface area contributed by atoms with E-state index in [2.05, 4.69) is 4.74 Å². The van der Waals surface area contributed by atoms with E-state index in [0.717, 1.165) is 17.7 Å². The van der Waals surface area contributed by atoms with Crippen LogP contribution in [-0.4, -0.2) is 41.8 Å². The van der Waals surface area contributed by atoms with Gasteiger partial charge >= 0.3 is 6.36 Å². The van der Waals surface area contributed by atoms with Gasteiger partial charge in [0, 0.05) is 18.7 Å². The first-order valence-corrected chi connectivity index (χ1v) is 10.0. The maximum absolute atomic E-state index is 12.7. The number of nitrogens with zero attached hydrogens (tertiary/aromatic N) is 1. The number of aryl methyl sites for hydroxylation is 1. The van der Waals surface area contributed by atoms with Gasteiger partial charge < -0.3 is 23.7 Å². The molecule has 0 aliphatic carbocycles. The highest BCUT2D eigenvalue weighted by atomic mass is 32.2. The van der Waals surface area contributed by atoms with Gasteiger partial charge in [-0.2, -0.15) is 0 Å². The molecule has 1 N–H and O–H groups in total. The van der Waals surface area contributed by atoms with Crippen LogP contribution in [0, 0.1) is 6.92 Å². The van der Waals surface area contributed by atoms with Crippen LogP contribution in [0.4, 0.5) is 18.9 Å². The molecule has 3 rings (SSSR count). The second-order valence-corrected chi connectivity index (χ2v) is 7.20. The Morgan fingerprint density at radius 1 is 1.17 bits per heavy atom. The summed E-state index contributed by atoms with van der Waals surface area (Å²) in [6.45, 7) is 2.69. The van der Waals surface area contributed by atoms with E-state index >= 15 is 0 Å². The van der Waals surface area contributed by atoms with Gasteiger partial charge in [0.2, 0.25) is 0 Å². The van der Waals surface area contributed by atoms with E-state index < -0.39 is 12.5 Å². The third kappa shape index (κ3) is 5.73. The molecule has 162 valence electrons. The fourth-order valence-electron chi connectivity index (χ4n) is 3.06. The van der Waals surface area contributed by atoms with E-state index in [0.29, 0.717) is 48.8 Å². The van der Waals surface area contributed by atoms with E-state index in [1.807, 2.05) is 13.0 Å². The third-order valence-electron chi connectivity index (χ3n) is 4.39. The van der Waals surface area contributed by atoms with Crippen molar-refractivity contribution in [2.24, 2.45) is 0 Å². The smallest absolute Gasteiger partial charge is 0.492 e. The van der Waals surface area contributed by atoms with Gasteiger partial charge in [-0.25, -0.2) is 0 Å². The van der Waals surface area contributed by atoms with Crippen LogP contribution in [0.3, 0.4) is 0 Å². The zero-order valence-corrected chi connectivity index (χ0v) is 16.8. The Bertz CT molecular complexity index is 876. The maximum Gasteiger partial charge on any atom is 0.573 e. The first-order valence-electron chi connectivity index (χ1n) is 9.10. The molecule has 10 heteroatoms. The molecule has 1 aliphatic heterocycles. The van der Waals surface area contributed by atoms with Gasteiger partial charge in [-0.1, -0.05) is 0 Å². The molecule has 1 unspecified atom stereocenters. The van der Waals surface area contributed by atoms with Crippen LogP contribution in [0.1, 0.15) is 12.0 Å². The van der Waals surface area contributed by atoms with Crippen molar-refractivity contribution < 1.29 is 36.7 Å². The van der Waals surface area contributed by atoms with Crippen LogP contribution in [-0.2, 0) is 4.79 Å². The standard InChI is InChI=1S/C20H20F3NO5S/c1-13-12-14(2-7-17(13)27-10-11-30-26)24-9-8-18(19(24)25)28-15-3-5-16(6-4-15)29-20(21,22)23/h2-7,12,18,26H,8-11H2,1H3. The van der Waals surface area contributed by atoms with E-state index in [-0.39, 0.29) is 17.4 Å². The number of benzene rings is 2. The summed E-state index contributed by atoms with van der Waals surface area (Å²) >= 11 is 0.706. The molecule has 1 heterocycles. The van der Waals surface area contributed by atoms with E-state index in [1.165, 1.54) is 12.1 Å². The number of ether oxygens (including phenoxy) is 3. The second-order valence-electron chi connectivity index (χ2n) is 6.54. The number of alkyl halides is 3. The Labute approximate surface area is 175 Å². The molecule has 0 aromatic heterocycles. The summed E-state index contributed by atoms with van der Waals surface area (Å²) in [4.78, 5) is 14.3. The number of halogens is 3. The zero-order valence-electron chi connectivity index (χ0n) is 16.0. The van der Waals surface area contributed by atoms with Crippen molar-refractivity contribution >= 4 is 23.6 Å². The quantitative estimate of drug-likeness (QED) is 0.473. The van der Waals surface area contributed by atoms with Crippen molar-refractivity contribution in [2.45, 2.75) is 25.8 Å². The zero-order chi connectivity index (χ0) is 21.7. The predicted molar refractivity (Wildman–Crippen MR) is 106 cm³/mol. The van der Waals surface area contributed by atoms with E-state index in [1.54, 1.807) is 17.0 Å². The van der Waals surface area contributed by atoms with Gasteiger partial charge in [-0.05, 0) is 67.0 Å². The molecule has 6 nitrogen and oxygen atoms in total. The molecule has 1 amide bonds. The Balaban J connectivity index is 1.61. The first-order chi connectivity index (χ1) is 14.3. The van der Waals surface area contributed by atoms with Crippen molar-refractivity contribution in [1.29, 1.82) is 0 Å². The number of carbonyl (C=O) groups excluding carboxylic acids is 1. The maximum atomic E-state index is 12.7. The van der Waals surface area contributed by atoms with Crippen molar-refractivity contribution in [3.05, 3.63) is 48.0 Å². The molecule has 30 heavy (non-hydrogen) atoms. The number of anilines is 1. The van der Waals surface area contributed by atoms with Crippen molar-refractivity contribution in [3.63, 3.8) is 0 Å². The molecule has 2 aromatic carbocycles. The van der Waals surface area contributed by atoms with Crippen LogP contribution in [0.2, 0.25) is 0 Å². The van der Waals surface area contributed by atoms with Gasteiger partial charge in [0.15, 0.2) is 6.10 Å². The van der Waals surface area contributed by atoms with Crippen LogP contribution < -0.4 is 19.1 Å². The number of hydrogen-bond acceptors (Lipinski definition) is 6. The average Bonchev–Trinajstić information content (AvgIpc) is 3.04. The highest BCUT2D eigenvalue weighted by molar-refractivity contribution is 7.93. The summed E-state index contributed by atoms with van der Waals surface area (Å²) in [6.07, 6.45) is -5.04. The summed E-state index contributed by atoms with van der Waals surface area (Å²) in [5, 5.41) is 0. The van der Waals surface area contributed by atoms with E-state index in [9.17, 15) is 18.0 Å². The van der Waals surface area contributed by atoms with Gasteiger partial charge in [-0.3, -0.25) is 4.79 Å². The molecule has 0 saturated carbocycles. The summed E-state index contributed by atoms with van der Waals surface area (Å²) in [6, 6.07) is 10.3. The summed E-state index contributed by atoms with van der Waals surface area (Å²) in [5.41, 5.74) is 1.56. The van der Waals surface area contributed by atoms with Crippen LogP contribution >= 0.6 is 12.0 Å². The highest BCUT2D eigenvalue weighted by Gasteiger charge is 2.35. The molecular formula is C20H20F3NO5S. The molecule has 1 saturated heterocycles. The minimum absolute atomic E-state index is 0.227. The topological polar surface area (TPSA) is 68.2 Å². The molecule has 0 radical (unpaired) electrons. The SMILES string of the molecule is Cc1cc(N2CCC(Oc3ccc(OC(F)(F)F)cc3)C2=O)ccc1OCCSO. The monoisotopic (exact) mass is 443 g/mol. The summed E-state index contributed by atoms with van der Waals surface area (Å²) in [5.74, 6) is 0.827.